The molecule has 0 aromatic rings. The highest BCUT2D eigenvalue weighted by atomic mass is 16.6. The van der Waals surface area contributed by atoms with Crippen LogP contribution in [0.4, 0.5) is 0 Å². The Kier molecular flexibility index (Phi) is 20.7. The van der Waals surface area contributed by atoms with Crippen molar-refractivity contribution in [3.05, 3.63) is 47.6 Å². The van der Waals surface area contributed by atoms with Crippen molar-refractivity contribution in [2.24, 2.45) is 35.5 Å². The second kappa shape index (κ2) is 24.9. The van der Waals surface area contributed by atoms with Gasteiger partial charge in [0.25, 0.3) is 11.7 Å². The number of hydrogen-bond acceptors (Lipinski definition) is 13. The highest BCUT2D eigenvalue weighted by Gasteiger charge is 2.53. The Morgan fingerprint density at radius 3 is 2.22 bits per heavy atom. The van der Waals surface area contributed by atoms with Crippen molar-refractivity contribution in [1.82, 2.24) is 4.90 Å². The van der Waals surface area contributed by atoms with Gasteiger partial charge in [-0.2, -0.15) is 0 Å². The van der Waals surface area contributed by atoms with Gasteiger partial charge in [-0.15, -0.1) is 0 Å². The minimum Gasteiger partial charge on any atom is -0.460 e. The second-order valence-corrected chi connectivity index (χ2v) is 19.4. The van der Waals surface area contributed by atoms with Crippen LogP contribution in [0.15, 0.2) is 47.6 Å². The first-order valence-electron chi connectivity index (χ1n) is 23.8. The summed E-state index contributed by atoms with van der Waals surface area (Å²) in [6, 6.07) is -1.15. The van der Waals surface area contributed by atoms with Crippen LogP contribution in [0.25, 0.3) is 0 Å². The predicted molar refractivity (Wildman–Crippen MR) is 244 cm³/mol. The van der Waals surface area contributed by atoms with Crippen LogP contribution in [0.3, 0.4) is 0 Å². The lowest BCUT2D eigenvalue weighted by Gasteiger charge is -2.42. The maximum Gasteiger partial charge on any atom is 0.329 e. The van der Waals surface area contributed by atoms with E-state index in [1.54, 1.807) is 34.0 Å². The summed E-state index contributed by atoms with van der Waals surface area (Å²) in [5, 5.41) is 23.3. The summed E-state index contributed by atoms with van der Waals surface area (Å²) in [7, 11) is 4.45. The average Bonchev–Trinajstić information content (AvgIpc) is 3.28. The van der Waals surface area contributed by atoms with Gasteiger partial charge in [-0.3, -0.25) is 24.0 Å². The monoisotopic (exact) mass is 912 g/mol. The Morgan fingerprint density at radius 1 is 0.831 bits per heavy atom. The summed E-state index contributed by atoms with van der Waals surface area (Å²) in [4.78, 5) is 84.2. The molecule has 14 unspecified atom stereocenters. The molecule has 14 atom stereocenters. The number of carbonyl (C=O) groups excluding carboxylic acids is 6. The second-order valence-electron chi connectivity index (χ2n) is 19.4. The zero-order chi connectivity index (χ0) is 48.2. The molecule has 3 heterocycles. The molecule has 0 spiro atoms. The highest BCUT2D eigenvalue weighted by molar-refractivity contribution is 6.39. The molecule has 3 fully saturated rings. The van der Waals surface area contributed by atoms with Crippen molar-refractivity contribution >= 4 is 35.0 Å². The van der Waals surface area contributed by atoms with Crippen molar-refractivity contribution < 1.29 is 62.7 Å². The number of amides is 1. The topological polar surface area (TPSA) is 192 Å². The minimum atomic E-state index is -2.43. The maximum absolute atomic E-state index is 14.3. The van der Waals surface area contributed by atoms with E-state index in [1.807, 2.05) is 58.1 Å². The first-order valence-corrected chi connectivity index (χ1v) is 23.8. The summed E-state index contributed by atoms with van der Waals surface area (Å²) in [6.07, 6.45) is 11.0. The summed E-state index contributed by atoms with van der Waals surface area (Å²) in [5.74, 6) is -8.09. The number of Topliss-reactive ketones (excluding diaryl/α,β-unsaturated/α-hetero) is 4. The molecule has 364 valence electrons. The molecule has 1 aliphatic carbocycles. The molecule has 4 aliphatic rings. The average molecular weight is 912 g/mol. The molecule has 0 aromatic heterocycles. The van der Waals surface area contributed by atoms with Crippen LogP contribution in [0.1, 0.15) is 126 Å². The number of ether oxygens (including phenoxy) is 5. The van der Waals surface area contributed by atoms with E-state index in [0.717, 1.165) is 5.57 Å². The van der Waals surface area contributed by atoms with Crippen LogP contribution < -0.4 is 0 Å². The summed E-state index contributed by atoms with van der Waals surface area (Å²) < 4.78 is 29.2. The van der Waals surface area contributed by atoms with Gasteiger partial charge in [0.05, 0.1) is 12.2 Å². The quantitative estimate of drug-likeness (QED) is 0.170. The van der Waals surface area contributed by atoms with E-state index in [9.17, 15) is 39.0 Å². The molecule has 1 saturated carbocycles. The number of esters is 1. The number of ketones is 4. The van der Waals surface area contributed by atoms with Crippen molar-refractivity contribution in [2.75, 3.05) is 27.9 Å². The van der Waals surface area contributed by atoms with E-state index in [2.05, 4.69) is 0 Å². The van der Waals surface area contributed by atoms with Crippen molar-refractivity contribution in [3.8, 4) is 0 Å². The smallest absolute Gasteiger partial charge is 0.329 e. The van der Waals surface area contributed by atoms with Gasteiger partial charge in [-0.1, -0.05) is 71.1 Å². The van der Waals surface area contributed by atoms with Gasteiger partial charge in [0.1, 0.15) is 36.2 Å². The lowest BCUT2D eigenvalue weighted by molar-refractivity contribution is -0.265. The van der Waals surface area contributed by atoms with Crippen molar-refractivity contribution in [2.45, 2.75) is 174 Å². The fourth-order valence-corrected chi connectivity index (χ4v) is 9.95. The Bertz CT molecular complexity index is 1800. The summed E-state index contributed by atoms with van der Waals surface area (Å²) >= 11 is 0. The molecule has 2 saturated heterocycles. The molecule has 3 aliphatic heterocycles. The van der Waals surface area contributed by atoms with Crippen molar-refractivity contribution in [1.29, 1.82) is 0 Å². The van der Waals surface area contributed by atoms with Gasteiger partial charge in [0.15, 0.2) is 11.6 Å². The lowest BCUT2D eigenvalue weighted by Crippen LogP contribution is -2.61. The molecule has 4 rings (SSSR count). The third-order valence-corrected chi connectivity index (χ3v) is 14.3. The largest absolute Gasteiger partial charge is 0.460 e. The number of aliphatic hydroxyl groups excluding tert-OH is 1. The van der Waals surface area contributed by atoms with Gasteiger partial charge < -0.3 is 38.8 Å². The number of piperidine rings is 1. The van der Waals surface area contributed by atoms with E-state index < -0.39 is 83.9 Å². The zero-order valence-corrected chi connectivity index (χ0v) is 40.5. The third kappa shape index (κ3) is 14.2. The van der Waals surface area contributed by atoms with Gasteiger partial charge in [0, 0.05) is 64.9 Å². The fourth-order valence-electron chi connectivity index (χ4n) is 9.95. The third-order valence-electron chi connectivity index (χ3n) is 14.3. The molecule has 2 N–H and O–H groups in total. The summed E-state index contributed by atoms with van der Waals surface area (Å²) in [5.41, 5.74) is 1.25. The molecular formula is C51H77NO13. The van der Waals surface area contributed by atoms with E-state index in [0.29, 0.717) is 69.8 Å². The fraction of sp³-hybridized carbons (Fsp3) is 0.725. The number of rotatable bonds is 6. The molecule has 0 aromatic carbocycles. The first-order chi connectivity index (χ1) is 30.7. The molecular weight excluding hydrogens is 835 g/mol. The standard InChI is InChI=1S/C51H77NO13/c1-30-16-12-11-13-17-31(2)42(61-8)28-38-21-19-36(7)51(60,65-38)48(57)49(58)52-23-15-14-18-39(52)50(59)64-43(33(4)26-37-20-22-40(53)44(27-37)62-9)29-41(54)32(3)25-35(6)46(56)47(63-10)45(55)34(5)24-30/h11-13,16-17,25,30,32-34,36-39,42-44,46-47,56,60H,14-15,18-24,26-29H2,1-10H3. The number of aliphatic hydroxyl groups is 2. The maximum atomic E-state index is 14.3. The Balaban J connectivity index is 1.70. The lowest BCUT2D eigenvalue weighted by atomic mass is 9.79. The molecule has 14 heteroatoms. The van der Waals surface area contributed by atoms with Gasteiger partial charge in [0.2, 0.25) is 5.79 Å². The SMILES string of the molecule is COC1CC(CC(C)C2CC(=O)C(C)C=C(C)C(O)C(OC)C(=O)C(C)CC(C)C=CC=CC=C(C)C(OC)CC3CCC(C)C(O)(O3)C(=O)C(=O)N3CCCCC3C(=O)O2)CCC1=O. The van der Waals surface area contributed by atoms with E-state index in [1.165, 1.54) is 19.1 Å². The molecule has 2 bridgehead atoms. The minimum absolute atomic E-state index is 0.0155. The van der Waals surface area contributed by atoms with Crippen LogP contribution in [0.5, 0.6) is 0 Å². The number of carbonyl (C=O) groups is 6. The van der Waals surface area contributed by atoms with Gasteiger partial charge >= 0.3 is 5.97 Å². The van der Waals surface area contributed by atoms with E-state index in [-0.39, 0.29) is 54.5 Å². The molecule has 0 radical (unpaired) electrons. The number of cyclic esters (lactones) is 1. The predicted octanol–water partition coefficient (Wildman–Crippen LogP) is 6.39. The van der Waals surface area contributed by atoms with Crippen LogP contribution in [-0.4, -0.2) is 126 Å². The Morgan fingerprint density at radius 2 is 1.54 bits per heavy atom. The van der Waals surface area contributed by atoms with Crippen LogP contribution >= 0.6 is 0 Å². The number of fused-ring (bicyclic) bond motifs is 3. The highest BCUT2D eigenvalue weighted by Crippen LogP contribution is 2.37. The Labute approximate surface area is 386 Å². The normalized spacial score (nSPS) is 36.7. The Hall–Kier alpha value is -3.66. The number of methoxy groups -OCH3 is 3. The zero-order valence-electron chi connectivity index (χ0n) is 40.5. The molecule has 65 heavy (non-hydrogen) atoms. The van der Waals surface area contributed by atoms with Crippen LogP contribution in [-0.2, 0) is 52.5 Å². The number of allylic oxidation sites excluding steroid dienone is 6. The molecule has 14 nitrogen and oxygen atoms in total. The first kappa shape index (κ1) is 54.0. The molecule has 1 amide bonds. The van der Waals surface area contributed by atoms with E-state index >= 15 is 0 Å². The van der Waals surface area contributed by atoms with Crippen LogP contribution in [0, 0.1) is 35.5 Å². The van der Waals surface area contributed by atoms with Crippen LogP contribution in [0.2, 0.25) is 0 Å². The summed E-state index contributed by atoms with van der Waals surface area (Å²) in [6.45, 7) is 12.7. The van der Waals surface area contributed by atoms with E-state index in [4.69, 9.17) is 23.7 Å². The number of nitrogens with zero attached hydrogens (tertiary/aromatic N) is 1. The van der Waals surface area contributed by atoms with Gasteiger partial charge in [-0.05, 0) is 101 Å². The number of hydrogen-bond donors (Lipinski definition) is 2. The van der Waals surface area contributed by atoms with Gasteiger partial charge in [-0.25, -0.2) is 4.79 Å². The van der Waals surface area contributed by atoms with Crippen molar-refractivity contribution in [3.63, 3.8) is 0 Å².